The highest BCUT2D eigenvalue weighted by Gasteiger charge is 2.40. The zero-order chi connectivity index (χ0) is 21.0. The van der Waals surface area contributed by atoms with Crippen molar-refractivity contribution in [3.8, 4) is 5.75 Å². The molecule has 29 heavy (non-hydrogen) atoms. The fraction of sp³-hybridized carbons (Fsp3) is 0.364. The highest BCUT2D eigenvalue weighted by atomic mass is 19.1. The summed E-state index contributed by atoms with van der Waals surface area (Å²) in [5, 5.41) is 2.79. The van der Waals surface area contributed by atoms with E-state index in [1.807, 2.05) is 4.90 Å². The van der Waals surface area contributed by atoms with Gasteiger partial charge in [-0.05, 0) is 38.1 Å². The first-order chi connectivity index (χ1) is 13.8. The number of carbonyl (C=O) groups is 2. The van der Waals surface area contributed by atoms with Crippen LogP contribution < -0.4 is 15.0 Å². The van der Waals surface area contributed by atoms with E-state index in [0.29, 0.717) is 43.3 Å². The molecule has 1 aliphatic rings. The summed E-state index contributed by atoms with van der Waals surface area (Å²) in [6.07, 6.45) is 0. The van der Waals surface area contributed by atoms with Crippen molar-refractivity contribution in [1.29, 1.82) is 0 Å². The number of amides is 2. The number of nitrogens with zero attached hydrogens (tertiary/aromatic N) is 2. The van der Waals surface area contributed by atoms with E-state index in [-0.39, 0.29) is 17.6 Å². The molecule has 0 radical (unpaired) electrons. The largest absolute Gasteiger partial charge is 0.497 e. The molecule has 2 aromatic carbocycles. The van der Waals surface area contributed by atoms with Gasteiger partial charge in [-0.25, -0.2) is 4.39 Å². The molecule has 154 valence electrons. The Bertz CT molecular complexity index is 892. The number of ether oxygens (including phenoxy) is 1. The predicted octanol–water partition coefficient (Wildman–Crippen LogP) is 3.15. The first-order valence-corrected chi connectivity index (χ1v) is 9.57. The van der Waals surface area contributed by atoms with Gasteiger partial charge in [0.25, 0.3) is 0 Å². The molecule has 0 aromatic heterocycles. The highest BCUT2D eigenvalue weighted by Crippen LogP contribution is 2.26. The second-order valence-electron chi connectivity index (χ2n) is 7.54. The van der Waals surface area contributed by atoms with Crippen molar-refractivity contribution in [1.82, 2.24) is 4.90 Å². The predicted molar refractivity (Wildman–Crippen MR) is 111 cm³/mol. The molecule has 1 aliphatic heterocycles. The Labute approximate surface area is 170 Å². The molecule has 0 unspecified atom stereocenters. The second kappa shape index (κ2) is 8.51. The Morgan fingerprint density at radius 1 is 1.03 bits per heavy atom. The topological polar surface area (TPSA) is 61.9 Å². The minimum absolute atomic E-state index is 0.244. The molecule has 0 spiro atoms. The summed E-state index contributed by atoms with van der Waals surface area (Å²) in [6.45, 7) is 5.13. The van der Waals surface area contributed by atoms with Gasteiger partial charge in [0.2, 0.25) is 11.8 Å². The summed E-state index contributed by atoms with van der Waals surface area (Å²) in [4.78, 5) is 29.4. The molecule has 1 heterocycles. The van der Waals surface area contributed by atoms with Crippen LogP contribution in [0.15, 0.2) is 48.5 Å². The second-order valence-corrected chi connectivity index (χ2v) is 7.54. The van der Waals surface area contributed by atoms with E-state index in [1.165, 1.54) is 6.07 Å². The number of halogens is 1. The van der Waals surface area contributed by atoms with Crippen molar-refractivity contribution >= 4 is 23.2 Å². The van der Waals surface area contributed by atoms with Crippen LogP contribution in [0.1, 0.15) is 13.8 Å². The molecule has 6 nitrogen and oxygen atoms in total. The van der Waals surface area contributed by atoms with E-state index in [2.05, 4.69) is 5.32 Å². The maximum absolute atomic E-state index is 14.0. The third-order valence-corrected chi connectivity index (χ3v) is 5.19. The quantitative estimate of drug-likeness (QED) is 0.785. The van der Waals surface area contributed by atoms with Crippen LogP contribution in [0.2, 0.25) is 0 Å². The molecule has 1 saturated heterocycles. The fourth-order valence-electron chi connectivity index (χ4n) is 3.34. The Kier molecular flexibility index (Phi) is 6.06. The van der Waals surface area contributed by atoms with Crippen LogP contribution >= 0.6 is 0 Å². The van der Waals surface area contributed by atoms with Gasteiger partial charge in [0.05, 0.1) is 12.8 Å². The molecule has 0 saturated carbocycles. The SMILES string of the molecule is COc1cccc(NC(=O)C(C)(C)C(=O)N2CCN(c3ccccc3F)CC2)c1. The zero-order valence-corrected chi connectivity index (χ0v) is 16.9. The maximum atomic E-state index is 14.0. The molecule has 1 fully saturated rings. The van der Waals surface area contributed by atoms with Gasteiger partial charge >= 0.3 is 0 Å². The van der Waals surface area contributed by atoms with Gasteiger partial charge in [0.1, 0.15) is 17.0 Å². The Hall–Kier alpha value is -3.09. The monoisotopic (exact) mass is 399 g/mol. The van der Waals surface area contributed by atoms with Crippen LogP contribution in [0, 0.1) is 11.2 Å². The average Bonchev–Trinajstić information content (AvgIpc) is 2.73. The van der Waals surface area contributed by atoms with Gasteiger partial charge < -0.3 is 19.9 Å². The maximum Gasteiger partial charge on any atom is 0.239 e. The van der Waals surface area contributed by atoms with Gasteiger partial charge in [-0.1, -0.05) is 18.2 Å². The number of anilines is 2. The standard InChI is InChI=1S/C22H26FN3O3/c1-22(2,20(27)24-16-7-6-8-17(15-16)29-3)21(28)26-13-11-25(12-14-26)19-10-5-4-9-18(19)23/h4-10,15H,11-14H2,1-3H3,(H,24,27). The number of carbonyl (C=O) groups excluding carboxylic acids is 2. The fourth-order valence-corrected chi connectivity index (χ4v) is 3.34. The van der Waals surface area contributed by atoms with Gasteiger partial charge in [0.15, 0.2) is 0 Å². The molecule has 2 aromatic rings. The van der Waals surface area contributed by atoms with Crippen molar-refractivity contribution in [2.24, 2.45) is 5.41 Å². The third kappa shape index (κ3) is 4.50. The average molecular weight is 399 g/mol. The van der Waals surface area contributed by atoms with E-state index >= 15 is 0 Å². The van der Waals surface area contributed by atoms with E-state index in [4.69, 9.17) is 4.74 Å². The highest BCUT2D eigenvalue weighted by molar-refractivity contribution is 6.09. The van der Waals surface area contributed by atoms with Crippen LogP contribution in [0.5, 0.6) is 5.75 Å². The van der Waals surface area contributed by atoms with Crippen molar-refractivity contribution in [2.45, 2.75) is 13.8 Å². The summed E-state index contributed by atoms with van der Waals surface area (Å²) in [7, 11) is 1.55. The summed E-state index contributed by atoms with van der Waals surface area (Å²) in [5.41, 5.74) is -0.127. The minimum atomic E-state index is -1.23. The number of benzene rings is 2. The van der Waals surface area contributed by atoms with Crippen molar-refractivity contribution in [3.63, 3.8) is 0 Å². The Morgan fingerprint density at radius 2 is 1.72 bits per heavy atom. The van der Waals surface area contributed by atoms with Crippen LogP contribution in [0.4, 0.5) is 15.8 Å². The lowest BCUT2D eigenvalue weighted by atomic mass is 9.89. The smallest absolute Gasteiger partial charge is 0.239 e. The molecule has 7 heteroatoms. The van der Waals surface area contributed by atoms with E-state index < -0.39 is 5.41 Å². The molecule has 2 amide bonds. The minimum Gasteiger partial charge on any atom is -0.497 e. The number of nitrogens with one attached hydrogen (secondary N) is 1. The number of piperazine rings is 1. The van der Waals surface area contributed by atoms with Crippen molar-refractivity contribution in [2.75, 3.05) is 43.5 Å². The van der Waals surface area contributed by atoms with Gasteiger partial charge in [-0.3, -0.25) is 9.59 Å². The number of methoxy groups -OCH3 is 1. The molecular weight excluding hydrogens is 373 g/mol. The molecule has 0 atom stereocenters. The summed E-state index contributed by atoms with van der Waals surface area (Å²) in [5.74, 6) is -0.278. The number of hydrogen-bond donors (Lipinski definition) is 1. The van der Waals surface area contributed by atoms with Gasteiger partial charge in [-0.15, -0.1) is 0 Å². The number of hydrogen-bond acceptors (Lipinski definition) is 4. The normalized spacial score (nSPS) is 14.5. The molecule has 0 aliphatic carbocycles. The summed E-state index contributed by atoms with van der Waals surface area (Å²) in [6, 6.07) is 13.6. The van der Waals surface area contributed by atoms with Crippen molar-refractivity contribution in [3.05, 3.63) is 54.3 Å². The van der Waals surface area contributed by atoms with E-state index in [9.17, 15) is 14.0 Å². The molecule has 3 rings (SSSR count). The molecule has 0 bridgehead atoms. The van der Waals surface area contributed by atoms with Gasteiger partial charge in [0, 0.05) is 37.9 Å². The Morgan fingerprint density at radius 3 is 2.38 bits per heavy atom. The van der Waals surface area contributed by atoms with Crippen LogP contribution in [0.3, 0.4) is 0 Å². The lowest BCUT2D eigenvalue weighted by molar-refractivity contribution is -0.146. The number of rotatable bonds is 5. The third-order valence-electron chi connectivity index (χ3n) is 5.19. The molecular formula is C22H26FN3O3. The van der Waals surface area contributed by atoms with Crippen LogP contribution in [0.25, 0.3) is 0 Å². The van der Waals surface area contributed by atoms with E-state index in [0.717, 1.165) is 0 Å². The zero-order valence-electron chi connectivity index (χ0n) is 16.9. The first kappa shape index (κ1) is 20.6. The lowest BCUT2D eigenvalue weighted by Crippen LogP contribution is -2.54. The van der Waals surface area contributed by atoms with E-state index in [1.54, 1.807) is 68.3 Å². The number of para-hydroxylation sites is 1. The summed E-state index contributed by atoms with van der Waals surface area (Å²) < 4.78 is 19.2. The van der Waals surface area contributed by atoms with Crippen LogP contribution in [-0.4, -0.2) is 50.0 Å². The van der Waals surface area contributed by atoms with Gasteiger partial charge in [-0.2, -0.15) is 0 Å². The summed E-state index contributed by atoms with van der Waals surface area (Å²) >= 11 is 0. The van der Waals surface area contributed by atoms with Crippen molar-refractivity contribution < 1.29 is 18.7 Å². The lowest BCUT2D eigenvalue weighted by Gasteiger charge is -2.39. The Balaban J connectivity index is 1.63. The van der Waals surface area contributed by atoms with Crippen LogP contribution in [-0.2, 0) is 9.59 Å². The molecule has 1 N–H and O–H groups in total. The first-order valence-electron chi connectivity index (χ1n) is 9.57.